The van der Waals surface area contributed by atoms with E-state index in [4.69, 9.17) is 0 Å². The maximum Gasteiger partial charge on any atom is 0.255 e. The zero-order valence-electron chi connectivity index (χ0n) is 15.7. The van der Waals surface area contributed by atoms with Crippen molar-refractivity contribution < 1.29 is 9.59 Å². The Labute approximate surface area is 155 Å². The molecule has 0 radical (unpaired) electrons. The van der Waals surface area contributed by atoms with Crippen molar-refractivity contribution in [3.63, 3.8) is 0 Å². The van der Waals surface area contributed by atoms with Crippen LogP contribution < -0.4 is 5.32 Å². The lowest BCUT2D eigenvalue weighted by Gasteiger charge is -2.30. The van der Waals surface area contributed by atoms with Crippen LogP contribution in [0.5, 0.6) is 0 Å². The Balaban J connectivity index is 1.74. The van der Waals surface area contributed by atoms with Crippen LogP contribution in [0.3, 0.4) is 0 Å². The molecule has 0 spiro atoms. The van der Waals surface area contributed by atoms with E-state index in [9.17, 15) is 9.59 Å². The van der Waals surface area contributed by atoms with Crippen LogP contribution in [0.25, 0.3) is 0 Å². The van der Waals surface area contributed by atoms with Crippen LogP contribution in [0.4, 0.5) is 5.69 Å². The topological polar surface area (TPSA) is 49.4 Å². The zero-order valence-corrected chi connectivity index (χ0v) is 15.7. The molecule has 1 aliphatic heterocycles. The second-order valence-corrected chi connectivity index (χ2v) is 7.33. The van der Waals surface area contributed by atoms with Crippen LogP contribution in [0.1, 0.15) is 51.6 Å². The summed E-state index contributed by atoms with van der Waals surface area (Å²) >= 11 is 0. The number of amides is 2. The SMILES string of the molecule is Cc1ccc(NC(=O)c2cccc(C(=O)N3CCC(C)CC3)c2)c(C)c1. The number of benzene rings is 2. The number of nitrogens with one attached hydrogen (secondary N) is 1. The number of likely N-dealkylation sites (tertiary alicyclic amines) is 1. The van der Waals surface area contributed by atoms with E-state index >= 15 is 0 Å². The Hall–Kier alpha value is -2.62. The molecule has 0 saturated carbocycles. The average Bonchev–Trinajstić information content (AvgIpc) is 2.64. The van der Waals surface area contributed by atoms with E-state index in [1.807, 2.05) is 36.9 Å². The fourth-order valence-corrected chi connectivity index (χ4v) is 3.34. The van der Waals surface area contributed by atoms with Gasteiger partial charge in [-0.05, 0) is 62.4 Å². The summed E-state index contributed by atoms with van der Waals surface area (Å²) in [5.41, 5.74) is 4.05. The molecule has 1 fully saturated rings. The lowest BCUT2D eigenvalue weighted by atomic mass is 9.98. The van der Waals surface area contributed by atoms with E-state index < -0.39 is 0 Å². The Morgan fingerprint density at radius 1 is 1.00 bits per heavy atom. The van der Waals surface area contributed by atoms with Crippen LogP contribution >= 0.6 is 0 Å². The standard InChI is InChI=1S/C22H26N2O2/c1-15-9-11-24(12-10-15)22(26)19-6-4-5-18(14-19)21(25)23-20-8-7-16(2)13-17(20)3/h4-8,13-15H,9-12H2,1-3H3,(H,23,25). The van der Waals surface area contributed by atoms with Gasteiger partial charge in [0.1, 0.15) is 0 Å². The molecule has 26 heavy (non-hydrogen) atoms. The van der Waals surface area contributed by atoms with Gasteiger partial charge in [0.05, 0.1) is 0 Å². The Kier molecular flexibility index (Phi) is 5.40. The van der Waals surface area contributed by atoms with Crippen LogP contribution in [-0.2, 0) is 0 Å². The van der Waals surface area contributed by atoms with Crippen molar-refractivity contribution in [1.29, 1.82) is 0 Å². The molecule has 2 aromatic rings. The molecule has 2 amide bonds. The number of nitrogens with zero attached hydrogens (tertiary/aromatic N) is 1. The third-order valence-electron chi connectivity index (χ3n) is 5.07. The Morgan fingerprint density at radius 2 is 1.69 bits per heavy atom. The third kappa shape index (κ3) is 4.13. The number of carbonyl (C=O) groups is 2. The van der Waals surface area contributed by atoms with E-state index in [0.29, 0.717) is 17.0 Å². The van der Waals surface area contributed by atoms with Gasteiger partial charge in [0, 0.05) is 29.9 Å². The predicted octanol–water partition coefficient (Wildman–Crippen LogP) is 4.43. The van der Waals surface area contributed by atoms with Crippen molar-refractivity contribution in [2.45, 2.75) is 33.6 Å². The summed E-state index contributed by atoms with van der Waals surface area (Å²) < 4.78 is 0. The number of hydrogen-bond acceptors (Lipinski definition) is 2. The summed E-state index contributed by atoms with van der Waals surface area (Å²) in [4.78, 5) is 27.2. The minimum absolute atomic E-state index is 0.0121. The molecular weight excluding hydrogens is 324 g/mol. The van der Waals surface area contributed by atoms with Gasteiger partial charge in [-0.2, -0.15) is 0 Å². The molecule has 1 saturated heterocycles. The van der Waals surface area contributed by atoms with Crippen molar-refractivity contribution in [2.24, 2.45) is 5.92 Å². The summed E-state index contributed by atoms with van der Waals surface area (Å²) in [6, 6.07) is 12.9. The third-order valence-corrected chi connectivity index (χ3v) is 5.07. The molecule has 0 atom stereocenters. The minimum atomic E-state index is -0.195. The maximum absolute atomic E-state index is 12.7. The summed E-state index contributed by atoms with van der Waals surface area (Å²) in [6.45, 7) is 7.80. The molecule has 3 rings (SSSR count). The van der Waals surface area contributed by atoms with Gasteiger partial charge in [0.15, 0.2) is 0 Å². The van der Waals surface area contributed by atoms with Crippen LogP contribution in [-0.4, -0.2) is 29.8 Å². The number of hydrogen-bond donors (Lipinski definition) is 1. The summed E-state index contributed by atoms with van der Waals surface area (Å²) in [5.74, 6) is 0.492. The van der Waals surface area contributed by atoms with Gasteiger partial charge in [0.2, 0.25) is 0 Å². The first kappa shape index (κ1) is 18.2. The molecular formula is C22H26N2O2. The first-order chi connectivity index (χ1) is 12.4. The average molecular weight is 350 g/mol. The van der Waals surface area contributed by atoms with Crippen molar-refractivity contribution in [1.82, 2.24) is 4.90 Å². The number of aryl methyl sites for hydroxylation is 2. The van der Waals surface area contributed by atoms with Crippen LogP contribution in [0, 0.1) is 19.8 Å². The highest BCUT2D eigenvalue weighted by Gasteiger charge is 2.22. The minimum Gasteiger partial charge on any atom is -0.339 e. The van der Waals surface area contributed by atoms with E-state index in [1.165, 1.54) is 0 Å². The molecule has 136 valence electrons. The van der Waals surface area contributed by atoms with Crippen molar-refractivity contribution in [3.05, 3.63) is 64.7 Å². The zero-order chi connectivity index (χ0) is 18.7. The molecule has 1 aliphatic rings. The highest BCUT2D eigenvalue weighted by Crippen LogP contribution is 2.20. The second-order valence-electron chi connectivity index (χ2n) is 7.33. The first-order valence-corrected chi connectivity index (χ1v) is 9.22. The molecule has 0 bridgehead atoms. The van der Waals surface area contributed by atoms with Crippen LogP contribution in [0.15, 0.2) is 42.5 Å². The van der Waals surface area contributed by atoms with Crippen molar-refractivity contribution in [2.75, 3.05) is 18.4 Å². The quantitative estimate of drug-likeness (QED) is 0.890. The molecule has 0 unspecified atom stereocenters. The number of carbonyl (C=O) groups excluding carboxylic acids is 2. The smallest absolute Gasteiger partial charge is 0.255 e. The highest BCUT2D eigenvalue weighted by molar-refractivity contribution is 6.06. The number of rotatable bonds is 3. The van der Waals surface area contributed by atoms with Gasteiger partial charge < -0.3 is 10.2 Å². The lowest BCUT2D eigenvalue weighted by molar-refractivity contribution is 0.0697. The maximum atomic E-state index is 12.7. The summed E-state index contributed by atoms with van der Waals surface area (Å²) in [7, 11) is 0. The molecule has 2 aromatic carbocycles. The second kappa shape index (κ2) is 7.73. The fraction of sp³-hybridized carbons (Fsp3) is 0.364. The van der Waals surface area contributed by atoms with E-state index in [0.717, 1.165) is 42.7 Å². The van der Waals surface area contributed by atoms with Gasteiger partial charge in [-0.1, -0.05) is 30.7 Å². The molecule has 1 N–H and O–H groups in total. The molecule has 0 aliphatic carbocycles. The molecule has 4 heteroatoms. The molecule has 0 aromatic heterocycles. The summed E-state index contributed by atoms with van der Waals surface area (Å²) in [6.07, 6.45) is 2.08. The fourth-order valence-electron chi connectivity index (χ4n) is 3.34. The molecule has 1 heterocycles. The van der Waals surface area contributed by atoms with Gasteiger partial charge in [-0.25, -0.2) is 0 Å². The van der Waals surface area contributed by atoms with E-state index in [-0.39, 0.29) is 11.8 Å². The van der Waals surface area contributed by atoms with E-state index in [1.54, 1.807) is 24.3 Å². The van der Waals surface area contributed by atoms with E-state index in [2.05, 4.69) is 12.2 Å². The van der Waals surface area contributed by atoms with Crippen LogP contribution in [0.2, 0.25) is 0 Å². The van der Waals surface area contributed by atoms with Crippen molar-refractivity contribution >= 4 is 17.5 Å². The monoisotopic (exact) mass is 350 g/mol. The predicted molar refractivity (Wildman–Crippen MR) is 105 cm³/mol. The highest BCUT2D eigenvalue weighted by atomic mass is 16.2. The number of piperidine rings is 1. The van der Waals surface area contributed by atoms with Gasteiger partial charge in [0.25, 0.3) is 11.8 Å². The normalized spacial score (nSPS) is 15.0. The van der Waals surface area contributed by atoms with Crippen molar-refractivity contribution in [3.8, 4) is 0 Å². The number of anilines is 1. The van der Waals surface area contributed by atoms with Gasteiger partial charge in [-0.3, -0.25) is 9.59 Å². The summed E-state index contributed by atoms with van der Waals surface area (Å²) in [5, 5.41) is 2.94. The Morgan fingerprint density at radius 3 is 2.38 bits per heavy atom. The van der Waals surface area contributed by atoms with Gasteiger partial charge >= 0.3 is 0 Å². The molecule has 4 nitrogen and oxygen atoms in total. The van der Waals surface area contributed by atoms with Gasteiger partial charge in [-0.15, -0.1) is 0 Å². The largest absolute Gasteiger partial charge is 0.339 e. The first-order valence-electron chi connectivity index (χ1n) is 9.22. The lowest BCUT2D eigenvalue weighted by Crippen LogP contribution is -2.38. The Bertz CT molecular complexity index is 821.